The van der Waals surface area contributed by atoms with Gasteiger partial charge >= 0.3 is 0 Å². The van der Waals surface area contributed by atoms with Crippen molar-refractivity contribution in [3.8, 4) is 0 Å². The molecule has 0 atom stereocenters. The Morgan fingerprint density at radius 2 is 1.62 bits per heavy atom. The molecule has 2 amide bonds. The minimum absolute atomic E-state index is 0.0890. The lowest BCUT2D eigenvalue weighted by molar-refractivity contribution is -0.126. The van der Waals surface area contributed by atoms with Gasteiger partial charge in [-0.25, -0.2) is 4.39 Å². The number of piperidine rings is 2. The number of benzene rings is 2. The standard InChI is InChI=1S/C26H32FN3O2/c27-23-8-4-7-22(19-23)26(32)30-17-12-24(13-18-30)29-15-10-21(11-16-29)25(31)28-14-9-20-5-2-1-3-6-20/h1-8,19,21,24H,9-18H2,(H,28,31). The molecule has 0 unspecified atom stereocenters. The van der Waals surface area contributed by atoms with Crippen molar-refractivity contribution in [3.05, 3.63) is 71.5 Å². The van der Waals surface area contributed by atoms with Crippen molar-refractivity contribution in [2.75, 3.05) is 32.7 Å². The number of rotatable bonds is 6. The van der Waals surface area contributed by atoms with E-state index in [1.54, 1.807) is 12.1 Å². The third kappa shape index (κ3) is 5.74. The van der Waals surface area contributed by atoms with Crippen LogP contribution in [0.15, 0.2) is 54.6 Å². The van der Waals surface area contributed by atoms with Gasteiger partial charge in [0.25, 0.3) is 5.91 Å². The van der Waals surface area contributed by atoms with Gasteiger partial charge in [-0.3, -0.25) is 9.59 Å². The normalized spacial score (nSPS) is 18.5. The van der Waals surface area contributed by atoms with Crippen molar-refractivity contribution in [3.63, 3.8) is 0 Å². The monoisotopic (exact) mass is 437 g/mol. The SMILES string of the molecule is O=C(NCCc1ccccc1)C1CCN(C2CCN(C(=O)c3cccc(F)c3)CC2)CC1. The number of nitrogens with one attached hydrogen (secondary N) is 1. The molecule has 0 saturated carbocycles. The molecule has 2 heterocycles. The van der Waals surface area contributed by atoms with Gasteiger partial charge in [0.15, 0.2) is 0 Å². The Hall–Kier alpha value is -2.73. The Morgan fingerprint density at radius 1 is 0.906 bits per heavy atom. The molecule has 170 valence electrons. The predicted molar refractivity (Wildman–Crippen MR) is 123 cm³/mol. The summed E-state index contributed by atoms with van der Waals surface area (Å²) in [4.78, 5) is 29.5. The molecule has 5 nitrogen and oxygen atoms in total. The van der Waals surface area contributed by atoms with Crippen LogP contribution in [0.4, 0.5) is 4.39 Å². The molecule has 0 bridgehead atoms. The average Bonchev–Trinajstić information content (AvgIpc) is 2.84. The van der Waals surface area contributed by atoms with E-state index >= 15 is 0 Å². The molecule has 1 N–H and O–H groups in total. The fourth-order valence-electron chi connectivity index (χ4n) is 4.88. The third-order valence-corrected chi connectivity index (χ3v) is 6.80. The fraction of sp³-hybridized carbons (Fsp3) is 0.462. The first kappa shape index (κ1) is 22.5. The first-order chi connectivity index (χ1) is 15.6. The number of carbonyl (C=O) groups is 2. The highest BCUT2D eigenvalue weighted by Gasteiger charge is 2.31. The van der Waals surface area contributed by atoms with E-state index in [0.29, 0.717) is 31.2 Å². The number of amides is 2. The smallest absolute Gasteiger partial charge is 0.253 e. The summed E-state index contributed by atoms with van der Waals surface area (Å²) in [5, 5.41) is 3.10. The van der Waals surface area contributed by atoms with Crippen molar-refractivity contribution in [2.24, 2.45) is 5.92 Å². The minimum Gasteiger partial charge on any atom is -0.356 e. The van der Waals surface area contributed by atoms with Gasteiger partial charge in [-0.15, -0.1) is 0 Å². The highest BCUT2D eigenvalue weighted by atomic mass is 19.1. The summed E-state index contributed by atoms with van der Waals surface area (Å²) >= 11 is 0. The zero-order valence-corrected chi connectivity index (χ0v) is 18.5. The second kappa shape index (κ2) is 10.7. The fourth-order valence-corrected chi connectivity index (χ4v) is 4.88. The zero-order valence-electron chi connectivity index (χ0n) is 18.5. The molecule has 6 heteroatoms. The molecule has 0 spiro atoms. The summed E-state index contributed by atoms with van der Waals surface area (Å²) in [6.45, 7) is 3.93. The van der Waals surface area contributed by atoms with E-state index in [0.717, 1.165) is 45.2 Å². The summed E-state index contributed by atoms with van der Waals surface area (Å²) in [7, 11) is 0. The first-order valence-corrected chi connectivity index (χ1v) is 11.7. The molecular weight excluding hydrogens is 405 g/mol. The summed E-state index contributed by atoms with van der Waals surface area (Å²) in [6, 6.07) is 16.6. The number of likely N-dealkylation sites (tertiary alicyclic amines) is 2. The summed E-state index contributed by atoms with van der Waals surface area (Å²) in [5.41, 5.74) is 1.66. The average molecular weight is 438 g/mol. The molecule has 0 aromatic heterocycles. The second-order valence-corrected chi connectivity index (χ2v) is 8.87. The van der Waals surface area contributed by atoms with Crippen LogP contribution in [0.2, 0.25) is 0 Å². The summed E-state index contributed by atoms with van der Waals surface area (Å²) in [5.74, 6) is -0.195. The van der Waals surface area contributed by atoms with Gasteiger partial charge in [0.05, 0.1) is 0 Å². The van der Waals surface area contributed by atoms with Gasteiger partial charge in [-0.1, -0.05) is 36.4 Å². The van der Waals surface area contributed by atoms with E-state index in [9.17, 15) is 14.0 Å². The molecule has 2 aliphatic rings. The Morgan fingerprint density at radius 3 is 2.31 bits per heavy atom. The minimum atomic E-state index is -0.377. The Kier molecular flexibility index (Phi) is 7.53. The lowest BCUT2D eigenvalue weighted by Gasteiger charge is -2.41. The van der Waals surface area contributed by atoms with Crippen molar-refractivity contribution in [1.82, 2.24) is 15.1 Å². The van der Waals surface area contributed by atoms with Crippen LogP contribution in [0.25, 0.3) is 0 Å². The van der Waals surface area contributed by atoms with Crippen molar-refractivity contribution in [2.45, 2.75) is 38.1 Å². The van der Waals surface area contributed by atoms with Crippen LogP contribution in [0.5, 0.6) is 0 Å². The lowest BCUT2D eigenvalue weighted by Crippen LogP contribution is -2.50. The van der Waals surface area contributed by atoms with Crippen molar-refractivity contribution < 1.29 is 14.0 Å². The number of hydrogen-bond acceptors (Lipinski definition) is 3. The van der Waals surface area contributed by atoms with Gasteiger partial charge in [0, 0.05) is 37.2 Å². The molecule has 2 aromatic carbocycles. The third-order valence-electron chi connectivity index (χ3n) is 6.80. The highest BCUT2D eigenvalue weighted by molar-refractivity contribution is 5.94. The molecular formula is C26H32FN3O2. The molecule has 0 radical (unpaired) electrons. The number of carbonyl (C=O) groups excluding carboxylic acids is 2. The lowest BCUT2D eigenvalue weighted by atomic mass is 9.92. The molecule has 32 heavy (non-hydrogen) atoms. The van der Waals surface area contributed by atoms with Crippen LogP contribution in [-0.2, 0) is 11.2 Å². The quantitative estimate of drug-likeness (QED) is 0.753. The van der Waals surface area contributed by atoms with E-state index in [1.165, 1.54) is 17.7 Å². The maximum atomic E-state index is 13.4. The van der Waals surface area contributed by atoms with E-state index in [4.69, 9.17) is 0 Å². The van der Waals surface area contributed by atoms with E-state index in [1.807, 2.05) is 23.1 Å². The van der Waals surface area contributed by atoms with Crippen LogP contribution in [-0.4, -0.2) is 60.4 Å². The number of halogens is 1. The van der Waals surface area contributed by atoms with Gasteiger partial charge in [-0.05, 0) is 69.0 Å². The topological polar surface area (TPSA) is 52.7 Å². The second-order valence-electron chi connectivity index (χ2n) is 8.87. The molecule has 0 aliphatic carbocycles. The van der Waals surface area contributed by atoms with Crippen LogP contribution >= 0.6 is 0 Å². The Bertz CT molecular complexity index is 904. The van der Waals surface area contributed by atoms with Gasteiger partial charge < -0.3 is 15.1 Å². The number of hydrogen-bond donors (Lipinski definition) is 1. The molecule has 2 fully saturated rings. The Labute approximate surface area is 189 Å². The predicted octanol–water partition coefficient (Wildman–Crippen LogP) is 3.50. The highest BCUT2D eigenvalue weighted by Crippen LogP contribution is 2.25. The van der Waals surface area contributed by atoms with Crippen LogP contribution in [0.1, 0.15) is 41.6 Å². The molecule has 2 aromatic rings. The summed E-state index contributed by atoms with van der Waals surface area (Å²) in [6.07, 6.45) is 4.49. The molecule has 4 rings (SSSR count). The maximum absolute atomic E-state index is 13.4. The van der Waals surface area contributed by atoms with E-state index in [-0.39, 0.29) is 23.5 Å². The van der Waals surface area contributed by atoms with Crippen molar-refractivity contribution in [1.29, 1.82) is 0 Å². The van der Waals surface area contributed by atoms with E-state index in [2.05, 4.69) is 22.3 Å². The first-order valence-electron chi connectivity index (χ1n) is 11.7. The van der Waals surface area contributed by atoms with Gasteiger partial charge in [0.1, 0.15) is 5.82 Å². The molecule has 2 saturated heterocycles. The maximum Gasteiger partial charge on any atom is 0.253 e. The van der Waals surface area contributed by atoms with Crippen molar-refractivity contribution >= 4 is 11.8 Å². The van der Waals surface area contributed by atoms with Gasteiger partial charge in [0.2, 0.25) is 5.91 Å². The van der Waals surface area contributed by atoms with Crippen LogP contribution in [0, 0.1) is 11.7 Å². The largest absolute Gasteiger partial charge is 0.356 e. The van der Waals surface area contributed by atoms with Gasteiger partial charge in [-0.2, -0.15) is 0 Å². The Balaban J connectivity index is 1.17. The zero-order chi connectivity index (χ0) is 22.3. The number of nitrogens with zero attached hydrogens (tertiary/aromatic N) is 2. The molecule has 2 aliphatic heterocycles. The van der Waals surface area contributed by atoms with Crippen LogP contribution in [0.3, 0.4) is 0 Å². The van der Waals surface area contributed by atoms with E-state index < -0.39 is 0 Å². The van der Waals surface area contributed by atoms with Crippen LogP contribution < -0.4 is 5.32 Å². The summed E-state index contributed by atoms with van der Waals surface area (Å²) < 4.78 is 13.4.